The molecule has 0 saturated heterocycles. The molecule has 4 aromatic carbocycles. The first-order chi connectivity index (χ1) is 20.4. The molecule has 0 bridgehead atoms. The zero-order valence-corrected chi connectivity index (χ0v) is 24.7. The van der Waals surface area contributed by atoms with E-state index >= 15 is 0 Å². The molecule has 2 heterocycles. The molecule has 0 radical (unpaired) electrons. The van der Waals surface area contributed by atoms with Crippen LogP contribution in [0.25, 0.3) is 33.5 Å². The summed E-state index contributed by atoms with van der Waals surface area (Å²) in [4.78, 5) is 30.5. The van der Waals surface area contributed by atoms with Gasteiger partial charge in [-0.3, -0.25) is 9.59 Å². The van der Waals surface area contributed by atoms with E-state index in [1.165, 1.54) is 10.9 Å². The third-order valence-corrected chi connectivity index (χ3v) is 7.26. The van der Waals surface area contributed by atoms with E-state index < -0.39 is 0 Å². The van der Waals surface area contributed by atoms with Gasteiger partial charge in [0.15, 0.2) is 18.1 Å². The number of ether oxygens (including phenoxy) is 1. The number of hydrogen-bond acceptors (Lipinski definition) is 6. The van der Waals surface area contributed by atoms with Crippen molar-refractivity contribution in [1.29, 1.82) is 0 Å². The Morgan fingerprint density at radius 2 is 1.74 bits per heavy atom. The van der Waals surface area contributed by atoms with Crippen LogP contribution in [0.4, 0.5) is 5.69 Å². The SMILES string of the molecule is O=C(COc1c(Cl)cc(C=Nn2c(-c3cc4cc(Br)ccc4o3)nc3ccccc3c2=O)cc1Cl)Nc1ccccc1. The molecule has 0 aliphatic rings. The Bertz CT molecular complexity index is 2040. The standard InChI is InChI=1S/C31H19BrCl2N4O4/c32-20-10-11-26-19(14-20)15-27(42-26)30-37-25-9-5-4-8-22(25)31(40)38(30)35-16-18-12-23(33)29(24(34)13-18)41-17-28(39)36-21-6-2-1-3-7-21/h1-16H,17H2,(H,36,39). The molecular formula is C31H19BrCl2N4O4. The lowest BCUT2D eigenvalue weighted by Crippen LogP contribution is -2.20. The monoisotopic (exact) mass is 660 g/mol. The molecule has 0 atom stereocenters. The Morgan fingerprint density at radius 1 is 1.00 bits per heavy atom. The van der Waals surface area contributed by atoms with Crippen LogP contribution < -0.4 is 15.6 Å². The summed E-state index contributed by atoms with van der Waals surface area (Å²) in [6, 6.07) is 26.6. The molecule has 0 unspecified atom stereocenters. The van der Waals surface area contributed by atoms with Crippen LogP contribution in [-0.2, 0) is 4.79 Å². The number of carbonyl (C=O) groups is 1. The lowest BCUT2D eigenvalue weighted by Gasteiger charge is -2.11. The molecule has 42 heavy (non-hydrogen) atoms. The van der Waals surface area contributed by atoms with Gasteiger partial charge in [0.25, 0.3) is 11.5 Å². The molecule has 2 aromatic heterocycles. The summed E-state index contributed by atoms with van der Waals surface area (Å²) in [5.74, 6) is 0.380. The van der Waals surface area contributed by atoms with Crippen LogP contribution in [0.15, 0.2) is 110 Å². The second-order valence-electron chi connectivity index (χ2n) is 9.12. The van der Waals surface area contributed by atoms with Crippen LogP contribution in [0.2, 0.25) is 10.0 Å². The maximum absolute atomic E-state index is 13.5. The average molecular weight is 662 g/mol. The summed E-state index contributed by atoms with van der Waals surface area (Å²) in [6.07, 6.45) is 1.43. The van der Waals surface area contributed by atoms with Gasteiger partial charge in [-0.2, -0.15) is 9.78 Å². The minimum atomic E-state index is -0.380. The molecule has 208 valence electrons. The van der Waals surface area contributed by atoms with E-state index in [2.05, 4.69) is 31.3 Å². The van der Waals surface area contributed by atoms with Crippen LogP contribution in [0.3, 0.4) is 0 Å². The Kier molecular flexibility index (Phi) is 7.80. The maximum atomic E-state index is 13.5. The van der Waals surface area contributed by atoms with Crippen molar-refractivity contribution >= 4 is 78.8 Å². The van der Waals surface area contributed by atoms with E-state index in [0.29, 0.717) is 33.5 Å². The summed E-state index contributed by atoms with van der Waals surface area (Å²) in [5.41, 5.74) is 1.90. The molecule has 0 fully saturated rings. The van der Waals surface area contributed by atoms with Crippen molar-refractivity contribution in [3.05, 3.63) is 121 Å². The summed E-state index contributed by atoms with van der Waals surface area (Å²) in [6.45, 7) is -0.294. The fraction of sp³-hybridized carbons (Fsp3) is 0.0323. The fourth-order valence-electron chi connectivity index (χ4n) is 4.29. The first-order valence-corrected chi connectivity index (χ1v) is 14.1. The van der Waals surface area contributed by atoms with Gasteiger partial charge in [0.1, 0.15) is 5.58 Å². The zero-order valence-electron chi connectivity index (χ0n) is 21.6. The average Bonchev–Trinajstić information content (AvgIpc) is 3.40. The molecular weight excluding hydrogens is 643 g/mol. The predicted octanol–water partition coefficient (Wildman–Crippen LogP) is 7.78. The Hall–Kier alpha value is -4.44. The topological polar surface area (TPSA) is 98.7 Å². The minimum Gasteiger partial charge on any atom is -0.481 e. The second kappa shape index (κ2) is 11.8. The van der Waals surface area contributed by atoms with Crippen LogP contribution in [0.1, 0.15) is 5.56 Å². The van der Waals surface area contributed by atoms with Gasteiger partial charge >= 0.3 is 0 Å². The van der Waals surface area contributed by atoms with Crippen LogP contribution >= 0.6 is 39.1 Å². The highest BCUT2D eigenvalue weighted by Crippen LogP contribution is 2.34. The van der Waals surface area contributed by atoms with E-state index in [-0.39, 0.29) is 39.7 Å². The van der Waals surface area contributed by atoms with Crippen molar-refractivity contribution in [2.45, 2.75) is 0 Å². The number of aromatic nitrogens is 2. The highest BCUT2D eigenvalue weighted by molar-refractivity contribution is 9.10. The first kappa shape index (κ1) is 27.7. The molecule has 1 N–H and O–H groups in total. The number of para-hydroxylation sites is 2. The molecule has 6 rings (SSSR count). The number of nitrogens with one attached hydrogen (secondary N) is 1. The van der Waals surface area contributed by atoms with Crippen molar-refractivity contribution in [3.63, 3.8) is 0 Å². The number of hydrogen-bond donors (Lipinski definition) is 1. The molecule has 0 spiro atoms. The molecule has 0 aliphatic carbocycles. The molecule has 0 saturated carbocycles. The highest BCUT2D eigenvalue weighted by atomic mass is 79.9. The smallest absolute Gasteiger partial charge is 0.282 e. The molecule has 8 nitrogen and oxygen atoms in total. The number of carbonyl (C=O) groups excluding carboxylic acids is 1. The number of furan rings is 1. The van der Waals surface area contributed by atoms with Gasteiger partial charge in [-0.05, 0) is 66.2 Å². The molecule has 0 aliphatic heterocycles. The zero-order chi connectivity index (χ0) is 29.2. The quantitative estimate of drug-likeness (QED) is 0.176. The van der Waals surface area contributed by atoms with Gasteiger partial charge in [0, 0.05) is 15.5 Å². The largest absolute Gasteiger partial charge is 0.481 e. The van der Waals surface area contributed by atoms with E-state index in [0.717, 1.165) is 9.86 Å². The third kappa shape index (κ3) is 5.80. The number of amides is 1. The third-order valence-electron chi connectivity index (χ3n) is 6.20. The lowest BCUT2D eigenvalue weighted by molar-refractivity contribution is -0.118. The van der Waals surface area contributed by atoms with Gasteiger partial charge in [-0.1, -0.05) is 69.5 Å². The second-order valence-corrected chi connectivity index (χ2v) is 10.9. The first-order valence-electron chi connectivity index (χ1n) is 12.6. The van der Waals surface area contributed by atoms with E-state index in [1.54, 1.807) is 54.6 Å². The van der Waals surface area contributed by atoms with E-state index in [1.807, 2.05) is 36.4 Å². The minimum absolute atomic E-state index is 0.150. The van der Waals surface area contributed by atoms with Crippen LogP contribution in [0, 0.1) is 0 Å². The number of fused-ring (bicyclic) bond motifs is 2. The van der Waals surface area contributed by atoms with Crippen LogP contribution in [-0.4, -0.2) is 28.4 Å². The molecule has 1 amide bonds. The summed E-state index contributed by atoms with van der Waals surface area (Å²) >= 11 is 16.4. The van der Waals surface area contributed by atoms with Gasteiger partial charge in [-0.25, -0.2) is 4.98 Å². The highest BCUT2D eigenvalue weighted by Gasteiger charge is 2.17. The van der Waals surface area contributed by atoms with Crippen molar-refractivity contribution in [2.24, 2.45) is 5.10 Å². The van der Waals surface area contributed by atoms with Gasteiger partial charge in [-0.15, -0.1) is 0 Å². The number of benzene rings is 4. The van der Waals surface area contributed by atoms with Crippen molar-refractivity contribution < 1.29 is 13.9 Å². The number of nitrogens with zero attached hydrogens (tertiary/aromatic N) is 3. The Morgan fingerprint density at radius 3 is 2.52 bits per heavy atom. The van der Waals surface area contributed by atoms with Gasteiger partial charge in [0.05, 0.1) is 27.2 Å². The Balaban J connectivity index is 1.31. The van der Waals surface area contributed by atoms with E-state index in [9.17, 15) is 9.59 Å². The summed E-state index contributed by atoms with van der Waals surface area (Å²) < 4.78 is 13.7. The normalized spacial score (nSPS) is 11.4. The van der Waals surface area contributed by atoms with Gasteiger partial charge < -0.3 is 14.5 Å². The van der Waals surface area contributed by atoms with Gasteiger partial charge in [0.2, 0.25) is 5.82 Å². The summed E-state index contributed by atoms with van der Waals surface area (Å²) in [5, 5.41) is 8.75. The predicted molar refractivity (Wildman–Crippen MR) is 169 cm³/mol. The fourth-order valence-corrected chi connectivity index (χ4v) is 5.28. The maximum Gasteiger partial charge on any atom is 0.282 e. The number of halogens is 3. The number of rotatable bonds is 7. The summed E-state index contributed by atoms with van der Waals surface area (Å²) in [7, 11) is 0. The van der Waals surface area contributed by atoms with Crippen molar-refractivity contribution in [2.75, 3.05) is 11.9 Å². The van der Waals surface area contributed by atoms with Crippen molar-refractivity contribution in [1.82, 2.24) is 9.66 Å². The molecule has 6 aromatic rings. The Labute approximate surface area is 257 Å². The van der Waals surface area contributed by atoms with E-state index in [4.69, 9.17) is 32.4 Å². The lowest BCUT2D eigenvalue weighted by atomic mass is 10.2. The van der Waals surface area contributed by atoms with Crippen molar-refractivity contribution in [3.8, 4) is 17.3 Å². The van der Waals surface area contributed by atoms with Crippen LogP contribution in [0.5, 0.6) is 5.75 Å². The molecule has 11 heteroatoms. The number of anilines is 1.